The Kier molecular flexibility index (Phi) is 1.94. The van der Waals surface area contributed by atoms with Gasteiger partial charge in [-0.1, -0.05) is 0 Å². The molecule has 1 heterocycles. The molecule has 0 unspecified atom stereocenters. The minimum absolute atomic E-state index is 0.391. The summed E-state index contributed by atoms with van der Waals surface area (Å²) in [6, 6.07) is 0. The van der Waals surface area contributed by atoms with Crippen molar-refractivity contribution in [1.82, 2.24) is 9.97 Å². The van der Waals surface area contributed by atoms with Crippen molar-refractivity contribution in [1.29, 1.82) is 0 Å². The van der Waals surface area contributed by atoms with E-state index >= 15 is 0 Å². The highest BCUT2D eigenvalue weighted by Crippen LogP contribution is 2.23. The Hall–Kier alpha value is -1.12. The molecule has 1 aliphatic rings. The number of aryl methyl sites for hydroxylation is 1. The molecule has 1 aromatic heterocycles. The lowest BCUT2D eigenvalue weighted by molar-refractivity contribution is 0.114. The summed E-state index contributed by atoms with van der Waals surface area (Å²) >= 11 is 0. The molecular formula is C9H12N2O. The summed E-state index contributed by atoms with van der Waals surface area (Å²) < 4.78 is 5.53. The maximum atomic E-state index is 5.53. The Morgan fingerprint density at radius 1 is 1.33 bits per heavy atom. The van der Waals surface area contributed by atoms with Gasteiger partial charge in [0.2, 0.25) is 5.88 Å². The predicted molar refractivity (Wildman–Crippen MR) is 45.0 cm³/mol. The zero-order chi connectivity index (χ0) is 8.39. The third-order valence-electron chi connectivity index (χ3n) is 2.10. The smallest absolute Gasteiger partial charge is 0.232 e. The lowest BCUT2D eigenvalue weighted by atomic mass is 9.96. The molecule has 0 spiro atoms. The third-order valence-corrected chi connectivity index (χ3v) is 2.10. The van der Waals surface area contributed by atoms with E-state index < -0.39 is 0 Å². The molecule has 0 bridgehead atoms. The standard InChI is InChI=1S/C9H12N2O/c1-7-5-11-9(6-10-7)12-8-3-2-4-8/h5-6,8H,2-4H2,1H3. The Labute approximate surface area is 71.8 Å². The summed E-state index contributed by atoms with van der Waals surface area (Å²) in [6.07, 6.45) is 7.42. The fourth-order valence-electron chi connectivity index (χ4n) is 1.10. The maximum absolute atomic E-state index is 5.53. The van der Waals surface area contributed by atoms with E-state index in [1.54, 1.807) is 12.4 Å². The minimum Gasteiger partial charge on any atom is -0.473 e. The van der Waals surface area contributed by atoms with Crippen LogP contribution in [-0.4, -0.2) is 16.1 Å². The predicted octanol–water partition coefficient (Wildman–Crippen LogP) is 1.72. The fraction of sp³-hybridized carbons (Fsp3) is 0.556. The van der Waals surface area contributed by atoms with Crippen LogP contribution in [0.2, 0.25) is 0 Å². The zero-order valence-corrected chi connectivity index (χ0v) is 7.16. The first-order valence-electron chi connectivity index (χ1n) is 4.30. The van der Waals surface area contributed by atoms with Crippen LogP contribution in [0.3, 0.4) is 0 Å². The van der Waals surface area contributed by atoms with Gasteiger partial charge in [0.05, 0.1) is 18.1 Å². The molecule has 0 amide bonds. The van der Waals surface area contributed by atoms with Gasteiger partial charge in [0.1, 0.15) is 6.10 Å². The van der Waals surface area contributed by atoms with Gasteiger partial charge < -0.3 is 4.74 Å². The summed E-state index contributed by atoms with van der Waals surface area (Å²) in [4.78, 5) is 8.22. The number of hydrogen-bond acceptors (Lipinski definition) is 3. The monoisotopic (exact) mass is 164 g/mol. The average molecular weight is 164 g/mol. The first kappa shape index (κ1) is 7.53. The highest BCUT2D eigenvalue weighted by molar-refractivity contribution is 5.06. The lowest BCUT2D eigenvalue weighted by Gasteiger charge is -2.25. The van der Waals surface area contributed by atoms with Crippen molar-refractivity contribution >= 4 is 0 Å². The molecule has 1 aromatic rings. The first-order valence-corrected chi connectivity index (χ1v) is 4.30. The Bertz CT molecular complexity index is 254. The van der Waals surface area contributed by atoms with Crippen molar-refractivity contribution in [2.75, 3.05) is 0 Å². The first-order chi connectivity index (χ1) is 5.84. The van der Waals surface area contributed by atoms with Crippen LogP contribution in [0.5, 0.6) is 5.88 Å². The largest absolute Gasteiger partial charge is 0.473 e. The zero-order valence-electron chi connectivity index (χ0n) is 7.16. The Morgan fingerprint density at radius 3 is 2.67 bits per heavy atom. The second kappa shape index (κ2) is 3.09. The van der Waals surface area contributed by atoms with Crippen LogP contribution >= 0.6 is 0 Å². The molecule has 1 aliphatic carbocycles. The number of rotatable bonds is 2. The third kappa shape index (κ3) is 1.55. The lowest BCUT2D eigenvalue weighted by Crippen LogP contribution is -2.25. The molecule has 0 aliphatic heterocycles. The highest BCUT2D eigenvalue weighted by Gasteiger charge is 2.19. The second-order valence-electron chi connectivity index (χ2n) is 3.17. The SMILES string of the molecule is Cc1cnc(OC2CCC2)cn1. The van der Waals surface area contributed by atoms with Crippen LogP contribution in [-0.2, 0) is 0 Å². The minimum atomic E-state index is 0.391. The van der Waals surface area contributed by atoms with E-state index in [-0.39, 0.29) is 0 Å². The summed E-state index contributed by atoms with van der Waals surface area (Å²) in [7, 11) is 0. The molecule has 0 saturated heterocycles. The van der Waals surface area contributed by atoms with Gasteiger partial charge in [-0.3, -0.25) is 4.98 Å². The van der Waals surface area contributed by atoms with Crippen LogP contribution in [0.25, 0.3) is 0 Å². The van der Waals surface area contributed by atoms with Gasteiger partial charge >= 0.3 is 0 Å². The van der Waals surface area contributed by atoms with Gasteiger partial charge in [0.15, 0.2) is 0 Å². The van der Waals surface area contributed by atoms with Crippen LogP contribution in [0, 0.1) is 6.92 Å². The van der Waals surface area contributed by atoms with Gasteiger partial charge in [-0.05, 0) is 26.2 Å². The van der Waals surface area contributed by atoms with E-state index in [9.17, 15) is 0 Å². The van der Waals surface area contributed by atoms with Crippen molar-refractivity contribution in [2.45, 2.75) is 32.3 Å². The van der Waals surface area contributed by atoms with Crippen molar-refractivity contribution in [3.63, 3.8) is 0 Å². The number of ether oxygens (including phenoxy) is 1. The molecule has 1 saturated carbocycles. The Morgan fingerprint density at radius 2 is 2.17 bits per heavy atom. The molecule has 3 heteroatoms. The number of nitrogens with zero attached hydrogens (tertiary/aromatic N) is 2. The molecule has 1 fully saturated rings. The molecule has 2 rings (SSSR count). The fourth-order valence-corrected chi connectivity index (χ4v) is 1.10. The van der Waals surface area contributed by atoms with E-state index in [1.807, 2.05) is 6.92 Å². The molecule has 64 valence electrons. The summed E-state index contributed by atoms with van der Waals surface area (Å²) in [5, 5.41) is 0. The van der Waals surface area contributed by atoms with Crippen molar-refractivity contribution in [2.24, 2.45) is 0 Å². The Balaban J connectivity index is 1.98. The van der Waals surface area contributed by atoms with Gasteiger partial charge in [-0.25, -0.2) is 4.98 Å². The van der Waals surface area contributed by atoms with Gasteiger partial charge in [-0.15, -0.1) is 0 Å². The maximum Gasteiger partial charge on any atom is 0.232 e. The molecule has 3 nitrogen and oxygen atoms in total. The molecule has 0 radical (unpaired) electrons. The van der Waals surface area contributed by atoms with Gasteiger partial charge in [0, 0.05) is 0 Å². The van der Waals surface area contributed by atoms with Crippen LogP contribution < -0.4 is 4.74 Å². The van der Waals surface area contributed by atoms with Crippen LogP contribution in [0.1, 0.15) is 25.0 Å². The quantitative estimate of drug-likeness (QED) is 0.667. The van der Waals surface area contributed by atoms with Crippen molar-refractivity contribution < 1.29 is 4.74 Å². The number of hydrogen-bond donors (Lipinski definition) is 0. The molecule has 0 aromatic carbocycles. The van der Waals surface area contributed by atoms with E-state index in [1.165, 1.54) is 6.42 Å². The number of aromatic nitrogens is 2. The molecule has 0 atom stereocenters. The second-order valence-corrected chi connectivity index (χ2v) is 3.17. The van der Waals surface area contributed by atoms with E-state index in [0.29, 0.717) is 12.0 Å². The van der Waals surface area contributed by atoms with Crippen molar-refractivity contribution in [3.8, 4) is 5.88 Å². The van der Waals surface area contributed by atoms with E-state index in [0.717, 1.165) is 18.5 Å². The molecule has 12 heavy (non-hydrogen) atoms. The van der Waals surface area contributed by atoms with E-state index in [4.69, 9.17) is 4.74 Å². The highest BCUT2D eigenvalue weighted by atomic mass is 16.5. The topological polar surface area (TPSA) is 35.0 Å². The normalized spacial score (nSPS) is 17.1. The summed E-state index contributed by atoms with van der Waals surface area (Å²) in [6.45, 7) is 1.92. The van der Waals surface area contributed by atoms with Crippen molar-refractivity contribution in [3.05, 3.63) is 18.1 Å². The summed E-state index contributed by atoms with van der Waals surface area (Å²) in [5.41, 5.74) is 0.927. The molecule has 0 N–H and O–H groups in total. The van der Waals surface area contributed by atoms with Crippen LogP contribution in [0.15, 0.2) is 12.4 Å². The average Bonchev–Trinajstić information content (AvgIpc) is 2.00. The van der Waals surface area contributed by atoms with Gasteiger partial charge in [0.25, 0.3) is 0 Å². The summed E-state index contributed by atoms with van der Waals surface area (Å²) in [5.74, 6) is 0.658. The van der Waals surface area contributed by atoms with Gasteiger partial charge in [-0.2, -0.15) is 0 Å². The molecular weight excluding hydrogens is 152 g/mol. The van der Waals surface area contributed by atoms with Crippen LogP contribution in [0.4, 0.5) is 0 Å². The van der Waals surface area contributed by atoms with E-state index in [2.05, 4.69) is 9.97 Å².